The lowest BCUT2D eigenvalue weighted by Crippen LogP contribution is -2.44. The molecule has 2 atom stereocenters. The molecule has 0 radical (unpaired) electrons. The molecule has 1 amide bonds. The Bertz CT molecular complexity index is 599. The third-order valence-corrected chi connectivity index (χ3v) is 5.23. The molecule has 0 heterocycles. The molecule has 0 aliphatic carbocycles. The van der Waals surface area contributed by atoms with Crippen molar-refractivity contribution in [3.8, 4) is 0 Å². The van der Waals surface area contributed by atoms with Gasteiger partial charge in [0, 0.05) is 6.54 Å². The summed E-state index contributed by atoms with van der Waals surface area (Å²) in [5.74, 6) is 0.508. The van der Waals surface area contributed by atoms with Crippen LogP contribution in [0, 0.1) is 0 Å². The number of ether oxygens (including phenoxy) is 4. The topological polar surface area (TPSA) is 83.1 Å². The Kier molecular flexibility index (Phi) is 12.6. The number of amides is 1. The van der Waals surface area contributed by atoms with Gasteiger partial charge < -0.3 is 24.3 Å². The van der Waals surface area contributed by atoms with Gasteiger partial charge in [0.25, 0.3) is 0 Å². The average molecular weight is 428 g/mol. The van der Waals surface area contributed by atoms with Crippen molar-refractivity contribution in [3.05, 3.63) is 24.0 Å². The van der Waals surface area contributed by atoms with Crippen LogP contribution in [-0.2, 0) is 23.7 Å². The zero-order chi connectivity index (χ0) is 23.4. The van der Waals surface area contributed by atoms with Crippen LogP contribution in [0.25, 0.3) is 0 Å². The fourth-order valence-electron chi connectivity index (χ4n) is 2.45. The molecule has 7 heteroatoms. The van der Waals surface area contributed by atoms with E-state index in [1.54, 1.807) is 14.0 Å². The Morgan fingerprint density at radius 3 is 2.37 bits per heavy atom. The number of nitrogens with one attached hydrogen (secondary N) is 1. The number of carbonyl (C=O) groups is 2. The Morgan fingerprint density at radius 1 is 1.20 bits per heavy atom. The molecular formula is C23H41NO6. The van der Waals surface area contributed by atoms with E-state index in [2.05, 4.69) is 11.9 Å². The third kappa shape index (κ3) is 10.8. The van der Waals surface area contributed by atoms with Crippen molar-refractivity contribution in [2.75, 3.05) is 26.9 Å². The summed E-state index contributed by atoms with van der Waals surface area (Å²) in [4.78, 5) is 24.5. The molecule has 0 aromatic rings. The fourth-order valence-corrected chi connectivity index (χ4v) is 2.45. The van der Waals surface area contributed by atoms with Crippen LogP contribution in [0.4, 0.5) is 4.79 Å². The number of hydrogen-bond acceptors (Lipinski definition) is 6. The maximum absolute atomic E-state index is 12.6. The Balaban J connectivity index is 4.42. The van der Waals surface area contributed by atoms with Crippen LogP contribution in [0.3, 0.4) is 0 Å². The first kappa shape index (κ1) is 28.1. The number of allylic oxidation sites excluding steroid dienone is 1. The van der Waals surface area contributed by atoms with Gasteiger partial charge >= 0.3 is 6.09 Å². The van der Waals surface area contributed by atoms with Crippen molar-refractivity contribution in [1.82, 2.24) is 5.32 Å². The van der Waals surface area contributed by atoms with Gasteiger partial charge in [0.05, 0.1) is 31.2 Å². The fraction of sp³-hybridized carbons (Fsp3) is 0.739. The zero-order valence-electron chi connectivity index (χ0n) is 20.1. The Hall–Kier alpha value is -1.86. The van der Waals surface area contributed by atoms with Crippen molar-refractivity contribution in [1.29, 1.82) is 0 Å². The van der Waals surface area contributed by atoms with Crippen molar-refractivity contribution >= 4 is 11.9 Å². The molecule has 0 aliphatic heterocycles. The first-order valence-electron chi connectivity index (χ1n) is 10.5. The quantitative estimate of drug-likeness (QED) is 0.305. The summed E-state index contributed by atoms with van der Waals surface area (Å²) in [5, 5.41) is 2.65. The summed E-state index contributed by atoms with van der Waals surface area (Å²) >= 11 is 0. The van der Waals surface area contributed by atoms with Gasteiger partial charge in [-0.15, -0.1) is 0 Å². The average Bonchev–Trinajstić information content (AvgIpc) is 2.70. The molecule has 0 saturated carbocycles. The van der Waals surface area contributed by atoms with Crippen LogP contribution in [0.15, 0.2) is 24.0 Å². The minimum atomic E-state index is -1.03. The van der Waals surface area contributed by atoms with Gasteiger partial charge in [0.15, 0.2) is 6.61 Å². The highest BCUT2D eigenvalue weighted by molar-refractivity contribution is 5.89. The molecule has 1 N–H and O–H groups in total. The molecule has 0 fully saturated rings. The zero-order valence-corrected chi connectivity index (χ0v) is 20.1. The number of methoxy groups -OCH3 is 1. The van der Waals surface area contributed by atoms with E-state index in [9.17, 15) is 9.59 Å². The second-order valence-electron chi connectivity index (χ2n) is 8.12. The molecule has 0 aromatic carbocycles. The van der Waals surface area contributed by atoms with Crippen molar-refractivity contribution in [2.24, 2.45) is 0 Å². The van der Waals surface area contributed by atoms with E-state index in [4.69, 9.17) is 18.9 Å². The summed E-state index contributed by atoms with van der Waals surface area (Å²) < 4.78 is 21.9. The second-order valence-corrected chi connectivity index (χ2v) is 8.12. The van der Waals surface area contributed by atoms with E-state index in [-0.39, 0.29) is 18.5 Å². The van der Waals surface area contributed by atoms with E-state index >= 15 is 0 Å². The number of carbonyl (C=O) groups excluding carboxylic acids is 2. The highest BCUT2D eigenvalue weighted by Gasteiger charge is 2.35. The molecule has 0 aliphatic rings. The lowest BCUT2D eigenvalue weighted by molar-refractivity contribution is -0.150. The van der Waals surface area contributed by atoms with Crippen LogP contribution in [-0.4, -0.2) is 56.1 Å². The third-order valence-electron chi connectivity index (χ3n) is 5.23. The predicted molar refractivity (Wildman–Crippen MR) is 118 cm³/mol. The lowest BCUT2D eigenvalue weighted by atomic mass is 9.96. The summed E-state index contributed by atoms with van der Waals surface area (Å²) in [6, 6.07) is 0. The van der Waals surface area contributed by atoms with E-state index in [1.807, 2.05) is 47.6 Å². The summed E-state index contributed by atoms with van der Waals surface area (Å²) in [7, 11) is 1.61. The summed E-state index contributed by atoms with van der Waals surface area (Å²) in [6.45, 7) is 17.6. The van der Waals surface area contributed by atoms with Gasteiger partial charge in [-0.2, -0.15) is 0 Å². The molecule has 0 bridgehead atoms. The normalized spacial score (nSPS) is 15.1. The first-order valence-corrected chi connectivity index (χ1v) is 10.5. The summed E-state index contributed by atoms with van der Waals surface area (Å²) in [6.07, 6.45) is 2.79. The molecule has 0 rings (SSSR count). The Labute approximate surface area is 182 Å². The molecule has 0 aromatic heterocycles. The summed E-state index contributed by atoms with van der Waals surface area (Å²) in [5.41, 5.74) is -0.541. The van der Waals surface area contributed by atoms with Gasteiger partial charge in [0.2, 0.25) is 5.78 Å². The van der Waals surface area contributed by atoms with Crippen LogP contribution in [0.1, 0.15) is 67.7 Å². The molecule has 0 spiro atoms. The molecule has 30 heavy (non-hydrogen) atoms. The van der Waals surface area contributed by atoms with Crippen LogP contribution in [0.5, 0.6) is 0 Å². The number of ketones is 1. The van der Waals surface area contributed by atoms with Crippen LogP contribution in [0.2, 0.25) is 0 Å². The molecule has 0 saturated heterocycles. The van der Waals surface area contributed by atoms with Crippen molar-refractivity contribution < 1.29 is 28.5 Å². The molecule has 2 unspecified atom stereocenters. The molecule has 7 nitrogen and oxygen atoms in total. The number of rotatable bonds is 15. The van der Waals surface area contributed by atoms with Gasteiger partial charge in [-0.25, -0.2) is 4.79 Å². The highest BCUT2D eigenvalue weighted by Crippen LogP contribution is 2.23. The van der Waals surface area contributed by atoms with Gasteiger partial charge in [-0.3, -0.25) is 4.79 Å². The molecule has 174 valence electrons. The van der Waals surface area contributed by atoms with E-state index < -0.39 is 17.3 Å². The highest BCUT2D eigenvalue weighted by atomic mass is 16.6. The SMILES string of the molecule is C=C(CC)C(C)OC(C)(CC)C(=O)COC(=O)NCCC(C)(C)OC/C=C(\C)OC. The number of alkyl carbamates (subject to hydrolysis) is 1. The van der Waals surface area contributed by atoms with Gasteiger partial charge in [0.1, 0.15) is 5.60 Å². The first-order chi connectivity index (χ1) is 13.9. The van der Waals surface area contributed by atoms with Gasteiger partial charge in [-0.05, 0) is 65.5 Å². The smallest absolute Gasteiger partial charge is 0.407 e. The maximum Gasteiger partial charge on any atom is 0.407 e. The predicted octanol–water partition coefficient (Wildman–Crippen LogP) is 4.56. The van der Waals surface area contributed by atoms with Crippen LogP contribution >= 0.6 is 0 Å². The maximum atomic E-state index is 12.6. The standard InChI is InChI=1S/C23H41NO6/c1-10-17(3)19(5)30-23(8,11-2)20(25)16-28-21(26)24-14-13-22(6,7)29-15-12-18(4)27-9/h12,19H,3,10-11,13-16H2,1-2,4-9H3,(H,24,26)/b18-12+. The van der Waals surface area contributed by atoms with Crippen molar-refractivity contribution in [3.63, 3.8) is 0 Å². The monoisotopic (exact) mass is 427 g/mol. The van der Waals surface area contributed by atoms with E-state index in [0.29, 0.717) is 26.0 Å². The Morgan fingerprint density at radius 2 is 1.83 bits per heavy atom. The second kappa shape index (κ2) is 13.4. The minimum absolute atomic E-state index is 0.248. The van der Waals surface area contributed by atoms with E-state index in [0.717, 1.165) is 17.8 Å². The number of hydrogen-bond donors (Lipinski definition) is 1. The number of Topliss-reactive ketones (excluding diaryl/α,β-unsaturated/α-hetero) is 1. The largest absolute Gasteiger partial charge is 0.502 e. The van der Waals surface area contributed by atoms with Gasteiger partial charge in [-0.1, -0.05) is 20.4 Å². The van der Waals surface area contributed by atoms with Crippen LogP contribution < -0.4 is 5.32 Å². The lowest BCUT2D eigenvalue weighted by Gasteiger charge is -2.31. The van der Waals surface area contributed by atoms with E-state index in [1.165, 1.54) is 0 Å². The van der Waals surface area contributed by atoms with Crippen molar-refractivity contribution in [2.45, 2.75) is 85.0 Å². The molecular weight excluding hydrogens is 386 g/mol. The minimum Gasteiger partial charge on any atom is -0.502 e.